The van der Waals surface area contributed by atoms with Gasteiger partial charge in [-0.15, -0.1) is 0 Å². The second kappa shape index (κ2) is 20.2. The van der Waals surface area contributed by atoms with Crippen molar-refractivity contribution < 1.29 is 246 Å². The Bertz CT molecular complexity index is 267. The van der Waals surface area contributed by atoms with Crippen LogP contribution in [-0.2, 0) is 25.1 Å². The van der Waals surface area contributed by atoms with Crippen LogP contribution < -0.4 is 211 Å². The van der Waals surface area contributed by atoms with Crippen molar-refractivity contribution in [3.63, 3.8) is 0 Å². The summed E-state index contributed by atoms with van der Waals surface area (Å²) in [5.41, 5.74) is 0. The van der Waals surface area contributed by atoms with Crippen molar-refractivity contribution in [1.82, 2.24) is 0 Å². The average Bonchev–Trinajstić information content (AvgIpc) is 1.59. The first-order valence-electron chi connectivity index (χ1n) is 1.50. The van der Waals surface area contributed by atoms with E-state index in [-0.39, 0.29) is 206 Å². The second-order valence-corrected chi connectivity index (χ2v) is 2.65. The summed E-state index contributed by atoms with van der Waals surface area (Å²) in [7, 11) is -10.1. The van der Waals surface area contributed by atoms with Crippen LogP contribution in [0.15, 0.2) is 0 Å². The minimum absolute atomic E-state index is 0. The molecule has 15 heteroatoms. The van der Waals surface area contributed by atoms with Crippen molar-refractivity contribution in [3.8, 4) is 0 Å². The maximum absolute atomic E-state index is 8.91. The summed E-state index contributed by atoms with van der Waals surface area (Å²) in [4.78, 5) is 0. The maximum atomic E-state index is 8.91. The Morgan fingerprint density at radius 3 is 0.800 bits per heavy atom. The molecule has 0 aromatic carbocycles. The van der Waals surface area contributed by atoms with Crippen LogP contribution in [0, 0.1) is 0 Å². The maximum Gasteiger partial charge on any atom is 1.00 e. The third kappa shape index (κ3) is 78.8. The molecule has 0 fully saturated rings. The van der Waals surface area contributed by atoms with Crippen molar-refractivity contribution in [1.29, 1.82) is 0 Å². The van der Waals surface area contributed by atoms with Crippen LogP contribution in [0.25, 0.3) is 0 Å². The number of hydrogen-bond acceptors (Lipinski definition) is 9. The molecule has 0 spiro atoms. The molecule has 0 amide bonds. The Balaban J connectivity index is -0.0000000215. The van der Waals surface area contributed by atoms with Gasteiger partial charge in [-0.05, 0) is 0 Å². The average molecular weight is 365 g/mol. The molecule has 0 aromatic heterocycles. The zero-order chi connectivity index (χ0) is 9.71. The Morgan fingerprint density at radius 2 is 0.800 bits per heavy atom. The van der Waals surface area contributed by atoms with Gasteiger partial charge in [0, 0.05) is 10.4 Å². The molecule has 0 aromatic rings. The fraction of sp³-hybridized carbons (Fsp3) is 0. The van der Waals surface area contributed by atoms with Gasteiger partial charge < -0.3 is 23.2 Å². The molecule has 0 aliphatic rings. The van der Waals surface area contributed by atoms with E-state index in [9.17, 15) is 0 Å². The van der Waals surface area contributed by atoms with E-state index in [4.69, 9.17) is 35.8 Å². The molecule has 0 radical (unpaired) electrons. The van der Waals surface area contributed by atoms with Crippen molar-refractivity contribution in [3.05, 3.63) is 0 Å². The SMILES string of the molecule is O=S(=O)([O-])O[O-].O=S(=O)([O-])[O-].[K+].[K+].[K+].[K+]. The van der Waals surface area contributed by atoms with E-state index in [0.717, 1.165) is 0 Å². The summed E-state index contributed by atoms with van der Waals surface area (Å²) >= 11 is 0. The third-order valence-corrected chi connectivity index (χ3v) is 0.250. The first-order valence-corrected chi connectivity index (χ1v) is 4.17. The standard InChI is InChI=1S/4K.H2O5S.H2O4S/c;;;;1-5-6(2,3)4;1-5(2,3)4/h;;;;1H,(H,2,3,4);(H2,1,2,3,4)/q4*+1;;/p-4. The van der Waals surface area contributed by atoms with Crippen LogP contribution in [0.1, 0.15) is 0 Å². The zero-order valence-electron chi connectivity index (χ0n) is 8.49. The Labute approximate surface area is 257 Å². The number of hydrogen-bond donors (Lipinski definition) is 0. The van der Waals surface area contributed by atoms with Crippen LogP contribution >= 0.6 is 0 Å². The van der Waals surface area contributed by atoms with Gasteiger partial charge in [0.1, 0.15) is 0 Å². The van der Waals surface area contributed by atoms with Crippen molar-refractivity contribution in [2.45, 2.75) is 0 Å². The molecule has 70 valence electrons. The Kier molecular flexibility index (Phi) is 50.6. The van der Waals surface area contributed by atoms with E-state index in [0.29, 0.717) is 0 Å². The van der Waals surface area contributed by atoms with Gasteiger partial charge in [0.25, 0.3) is 0 Å². The molecule has 0 heterocycles. The van der Waals surface area contributed by atoms with Crippen molar-refractivity contribution >= 4 is 20.8 Å². The topological polar surface area (TPSA) is 170 Å². The first-order chi connectivity index (χ1) is 4.56. The van der Waals surface area contributed by atoms with E-state index in [2.05, 4.69) is 4.33 Å². The third-order valence-electron chi connectivity index (χ3n) is 0.0833. The van der Waals surface area contributed by atoms with Gasteiger partial charge in [-0.25, -0.2) is 8.42 Å². The van der Waals surface area contributed by atoms with Gasteiger partial charge in [0.2, 0.25) is 10.4 Å². The molecular weight excluding hydrogens is 365 g/mol. The normalized spacial score (nSPS) is 8.53. The van der Waals surface area contributed by atoms with Crippen molar-refractivity contribution in [2.75, 3.05) is 0 Å². The summed E-state index contributed by atoms with van der Waals surface area (Å²) < 4.78 is 62.9. The molecule has 0 N–H and O–H groups in total. The quantitative estimate of drug-likeness (QED) is 0.144. The monoisotopic (exact) mass is 364 g/mol. The molecule has 15 heavy (non-hydrogen) atoms. The fourth-order valence-corrected chi connectivity index (χ4v) is 0. The van der Waals surface area contributed by atoms with Gasteiger partial charge in [-0.1, -0.05) is 0 Å². The van der Waals surface area contributed by atoms with Gasteiger partial charge in [-0.3, -0.25) is 8.42 Å². The van der Waals surface area contributed by atoms with Crippen LogP contribution in [0.5, 0.6) is 0 Å². The summed E-state index contributed by atoms with van der Waals surface area (Å²) in [6.07, 6.45) is 0. The van der Waals surface area contributed by atoms with E-state index in [1.54, 1.807) is 0 Å². The first kappa shape index (κ1) is 37.5. The fourth-order valence-electron chi connectivity index (χ4n) is 0. The van der Waals surface area contributed by atoms with Gasteiger partial charge >= 0.3 is 206 Å². The minimum atomic E-state index is -5.17. The summed E-state index contributed by atoms with van der Waals surface area (Å²) in [5.74, 6) is 0. The minimum Gasteiger partial charge on any atom is -0.759 e. The Morgan fingerprint density at radius 1 is 0.733 bits per heavy atom. The molecular formula is K4O9S2. The van der Waals surface area contributed by atoms with Gasteiger partial charge in [0.05, 0.1) is 0 Å². The van der Waals surface area contributed by atoms with Crippen molar-refractivity contribution in [2.24, 2.45) is 0 Å². The van der Waals surface area contributed by atoms with E-state index >= 15 is 0 Å². The zero-order valence-corrected chi connectivity index (χ0v) is 22.6. The summed E-state index contributed by atoms with van der Waals surface area (Å²) in [6, 6.07) is 0. The molecule has 9 nitrogen and oxygen atoms in total. The van der Waals surface area contributed by atoms with Crippen LogP contribution in [-0.4, -0.2) is 30.5 Å². The largest absolute Gasteiger partial charge is 1.00 e. The van der Waals surface area contributed by atoms with Crippen LogP contribution in [0.4, 0.5) is 0 Å². The molecule has 0 saturated heterocycles. The van der Waals surface area contributed by atoms with E-state index < -0.39 is 20.8 Å². The molecule has 0 atom stereocenters. The predicted molar refractivity (Wildman–Crippen MR) is 21.3 cm³/mol. The molecule has 0 aliphatic carbocycles. The predicted octanol–water partition coefficient (Wildman–Crippen LogP) is -15.6. The Hall–Kier alpha value is 6.25. The van der Waals surface area contributed by atoms with E-state index in [1.165, 1.54) is 0 Å². The summed E-state index contributed by atoms with van der Waals surface area (Å²) in [6.45, 7) is 0. The number of rotatable bonds is 1. The van der Waals surface area contributed by atoms with Gasteiger partial charge in [-0.2, -0.15) is 0 Å². The van der Waals surface area contributed by atoms with Crippen LogP contribution in [0.3, 0.4) is 0 Å². The molecule has 0 unspecified atom stereocenters. The molecule has 0 bridgehead atoms. The summed E-state index contributed by atoms with van der Waals surface area (Å²) in [5, 5.41) is 8.55. The molecule has 0 rings (SSSR count). The smallest absolute Gasteiger partial charge is 0.759 e. The molecule has 0 aliphatic heterocycles. The van der Waals surface area contributed by atoms with E-state index in [1.807, 2.05) is 0 Å². The van der Waals surface area contributed by atoms with Crippen LogP contribution in [0.2, 0.25) is 0 Å². The van der Waals surface area contributed by atoms with Gasteiger partial charge in [0.15, 0.2) is 0 Å². The molecule has 0 saturated carbocycles. The second-order valence-electron chi connectivity index (χ2n) is 0.885.